The summed E-state index contributed by atoms with van der Waals surface area (Å²) in [6.07, 6.45) is 25.3. The fraction of sp³-hybridized carbons (Fsp3) is 0.821. The number of nitrogens with zero attached hydrogens (tertiary/aromatic N) is 3. The Morgan fingerprint density at radius 1 is 0.509 bits per heavy atom. The number of carboxylic acid groups (broad SMARTS) is 2. The normalized spacial score (nSPS) is 12.2. The molecule has 0 unspecified atom stereocenters. The average molecular weight is 768 g/mol. The van der Waals surface area contributed by atoms with Crippen LogP contribution in [0.3, 0.4) is 0 Å². The van der Waals surface area contributed by atoms with Crippen molar-refractivity contribution >= 4 is 47.3 Å². The van der Waals surface area contributed by atoms with Crippen LogP contribution in [-0.4, -0.2) is 74.1 Å². The van der Waals surface area contributed by atoms with E-state index in [0.29, 0.717) is 51.6 Å². The predicted octanol–water partition coefficient (Wildman–Crippen LogP) is 8.67. The number of rotatable bonds is 36. The number of carboxylic acids is 2. The molecule has 0 bridgehead atoms. The summed E-state index contributed by atoms with van der Waals surface area (Å²) in [6.45, 7) is 5.37. The van der Waals surface area contributed by atoms with E-state index < -0.39 is 24.0 Å². The first-order valence-electron chi connectivity index (χ1n) is 20.6. The lowest BCUT2D eigenvalue weighted by Crippen LogP contribution is -2.32. The number of carbonyl (C=O) groups is 4. The highest BCUT2D eigenvalue weighted by Crippen LogP contribution is 2.16. The molecule has 0 aromatic carbocycles. The molecule has 0 saturated heterocycles. The molecule has 304 valence electrons. The minimum atomic E-state index is -1.10. The molecule has 0 aliphatic rings. The number of halogens is 1. The van der Waals surface area contributed by atoms with Gasteiger partial charge in [0.15, 0.2) is 0 Å². The third kappa shape index (κ3) is 27.1. The second kappa shape index (κ2) is 32.2. The van der Waals surface area contributed by atoms with Crippen molar-refractivity contribution in [3.05, 3.63) is 5.28 Å². The Bertz CT molecular complexity index is 1060. The van der Waals surface area contributed by atoms with Gasteiger partial charge < -0.3 is 31.5 Å². The van der Waals surface area contributed by atoms with Gasteiger partial charge in [0.1, 0.15) is 12.1 Å². The van der Waals surface area contributed by atoms with Crippen molar-refractivity contribution in [2.45, 2.75) is 193 Å². The van der Waals surface area contributed by atoms with Gasteiger partial charge in [-0.15, -0.1) is 0 Å². The molecule has 1 heterocycles. The van der Waals surface area contributed by atoms with Crippen LogP contribution in [-0.2, 0) is 19.2 Å². The molecular weight excluding hydrogens is 698 g/mol. The van der Waals surface area contributed by atoms with Crippen LogP contribution in [0, 0.1) is 0 Å². The lowest BCUT2D eigenvalue weighted by Gasteiger charge is -2.17. The van der Waals surface area contributed by atoms with Crippen LogP contribution in [0.5, 0.6) is 0 Å². The quantitative estimate of drug-likeness (QED) is 0.0358. The minimum absolute atomic E-state index is 0.0201. The van der Waals surface area contributed by atoms with E-state index in [9.17, 15) is 29.4 Å². The minimum Gasteiger partial charge on any atom is -0.480 e. The smallest absolute Gasteiger partial charge is 0.326 e. The van der Waals surface area contributed by atoms with E-state index in [-0.39, 0.29) is 41.8 Å². The third-order valence-electron chi connectivity index (χ3n) is 9.31. The Morgan fingerprint density at radius 2 is 0.849 bits per heavy atom. The Kier molecular flexibility index (Phi) is 29.1. The van der Waals surface area contributed by atoms with Gasteiger partial charge in [0, 0.05) is 25.9 Å². The fourth-order valence-corrected chi connectivity index (χ4v) is 6.24. The highest BCUT2D eigenvalue weighted by Gasteiger charge is 2.22. The molecule has 0 saturated carbocycles. The summed E-state index contributed by atoms with van der Waals surface area (Å²) in [5, 5.41) is 30.7. The number of hydrogen-bond acceptors (Lipinski definition) is 9. The van der Waals surface area contributed by atoms with Gasteiger partial charge in [0.05, 0.1) is 0 Å². The summed E-state index contributed by atoms with van der Waals surface area (Å²) < 4.78 is 0. The SMILES string of the molecule is CCCCCCCCCCCC(=O)NCCCC[C@H](Nc1nc(Cl)nc(N[C@@H](CCCCNC(=O)CCCCCCCCCCC)C(=O)O)n1)C(=O)O. The second-order valence-corrected chi connectivity index (χ2v) is 14.5. The number of nitrogens with one attached hydrogen (secondary N) is 4. The lowest BCUT2D eigenvalue weighted by atomic mass is 10.1. The molecule has 1 aromatic heterocycles. The molecule has 2 atom stereocenters. The van der Waals surface area contributed by atoms with Gasteiger partial charge >= 0.3 is 11.9 Å². The van der Waals surface area contributed by atoms with Crippen molar-refractivity contribution in [1.29, 1.82) is 0 Å². The molecule has 0 spiro atoms. The Hall–Kier alpha value is -3.22. The van der Waals surface area contributed by atoms with Crippen molar-refractivity contribution in [3.8, 4) is 0 Å². The molecule has 14 heteroatoms. The van der Waals surface area contributed by atoms with Crippen LogP contribution in [0.1, 0.15) is 181 Å². The van der Waals surface area contributed by atoms with Crippen LogP contribution in [0.15, 0.2) is 0 Å². The molecule has 13 nitrogen and oxygen atoms in total. The zero-order valence-electron chi connectivity index (χ0n) is 32.7. The molecular formula is C39H70ClN7O6. The number of unbranched alkanes of at least 4 members (excludes halogenated alkanes) is 18. The van der Waals surface area contributed by atoms with Crippen LogP contribution in [0.25, 0.3) is 0 Å². The van der Waals surface area contributed by atoms with Crippen molar-refractivity contribution in [3.63, 3.8) is 0 Å². The first-order chi connectivity index (χ1) is 25.7. The predicted molar refractivity (Wildman–Crippen MR) is 212 cm³/mol. The van der Waals surface area contributed by atoms with Crippen molar-refractivity contribution in [2.24, 2.45) is 0 Å². The monoisotopic (exact) mass is 768 g/mol. The molecule has 0 aliphatic carbocycles. The van der Waals surface area contributed by atoms with Crippen molar-refractivity contribution < 1.29 is 29.4 Å². The molecule has 53 heavy (non-hydrogen) atoms. The molecule has 2 amide bonds. The van der Waals surface area contributed by atoms with Gasteiger partial charge in [-0.05, 0) is 63.0 Å². The molecule has 0 aliphatic heterocycles. The standard InChI is InChI=1S/C39H70ClN7O6/c1-3-5-7-9-11-13-15-17-19-27-33(48)41-29-23-21-25-31(35(50)51)43-38-45-37(40)46-39(47-38)44-32(36(52)53)26-22-24-30-42-34(49)28-20-18-16-14-12-10-8-6-4-2/h31-32H,3-30H2,1-2H3,(H,41,48)(H,42,49)(H,50,51)(H,52,53)(H2,43,44,45,46,47)/t31-,32-/m0/s1. The van der Waals surface area contributed by atoms with E-state index in [0.717, 1.165) is 38.5 Å². The molecule has 1 aromatic rings. The summed E-state index contributed by atoms with van der Waals surface area (Å²) in [6, 6.07) is -2.05. The molecule has 6 N–H and O–H groups in total. The van der Waals surface area contributed by atoms with Gasteiger partial charge in [-0.25, -0.2) is 9.59 Å². The highest BCUT2D eigenvalue weighted by atomic mass is 35.5. The number of aromatic nitrogens is 3. The van der Waals surface area contributed by atoms with E-state index >= 15 is 0 Å². The Labute approximate surface area is 323 Å². The maximum Gasteiger partial charge on any atom is 0.326 e. The van der Waals surface area contributed by atoms with Gasteiger partial charge in [-0.2, -0.15) is 15.0 Å². The summed E-state index contributed by atoms with van der Waals surface area (Å²) in [7, 11) is 0. The topological polar surface area (TPSA) is 196 Å². The summed E-state index contributed by atoms with van der Waals surface area (Å²) >= 11 is 6.08. The van der Waals surface area contributed by atoms with Crippen LogP contribution in [0.4, 0.5) is 11.9 Å². The summed E-state index contributed by atoms with van der Waals surface area (Å²) in [5.74, 6) is -2.34. The second-order valence-electron chi connectivity index (χ2n) is 14.2. The molecule has 0 radical (unpaired) electrons. The molecule has 0 fully saturated rings. The van der Waals surface area contributed by atoms with Crippen LogP contribution < -0.4 is 21.3 Å². The van der Waals surface area contributed by atoms with Crippen LogP contribution in [0.2, 0.25) is 5.28 Å². The summed E-state index contributed by atoms with van der Waals surface area (Å²) in [4.78, 5) is 60.4. The van der Waals surface area contributed by atoms with E-state index in [4.69, 9.17) is 11.6 Å². The average Bonchev–Trinajstić information content (AvgIpc) is 3.11. The number of carbonyl (C=O) groups excluding carboxylic acids is 2. The van der Waals surface area contributed by atoms with E-state index in [1.54, 1.807) is 0 Å². The largest absolute Gasteiger partial charge is 0.480 e. The lowest BCUT2D eigenvalue weighted by molar-refractivity contribution is -0.139. The first-order valence-corrected chi connectivity index (χ1v) is 21.0. The Balaban J connectivity index is 2.34. The first kappa shape index (κ1) is 47.8. The summed E-state index contributed by atoms with van der Waals surface area (Å²) in [5.41, 5.74) is 0. The maximum absolute atomic E-state index is 12.2. The van der Waals surface area contributed by atoms with Crippen molar-refractivity contribution in [2.75, 3.05) is 23.7 Å². The van der Waals surface area contributed by atoms with Gasteiger partial charge in [-0.3, -0.25) is 9.59 Å². The van der Waals surface area contributed by atoms with Gasteiger partial charge in [0.2, 0.25) is 29.0 Å². The number of aliphatic carboxylic acids is 2. The number of anilines is 2. The Morgan fingerprint density at radius 3 is 1.19 bits per heavy atom. The highest BCUT2D eigenvalue weighted by molar-refractivity contribution is 6.28. The number of amides is 2. The van der Waals surface area contributed by atoms with Gasteiger partial charge in [0.25, 0.3) is 0 Å². The van der Waals surface area contributed by atoms with E-state index in [1.165, 1.54) is 77.0 Å². The van der Waals surface area contributed by atoms with Gasteiger partial charge in [-0.1, -0.05) is 117 Å². The van der Waals surface area contributed by atoms with E-state index in [2.05, 4.69) is 50.1 Å². The number of hydrogen-bond donors (Lipinski definition) is 6. The third-order valence-corrected chi connectivity index (χ3v) is 9.48. The van der Waals surface area contributed by atoms with E-state index in [1.807, 2.05) is 0 Å². The zero-order valence-corrected chi connectivity index (χ0v) is 33.5. The maximum atomic E-state index is 12.2. The van der Waals surface area contributed by atoms with Crippen LogP contribution >= 0.6 is 11.6 Å². The fourth-order valence-electron chi connectivity index (χ4n) is 6.08. The molecule has 1 rings (SSSR count). The zero-order chi connectivity index (χ0) is 38.9. The van der Waals surface area contributed by atoms with Crippen molar-refractivity contribution in [1.82, 2.24) is 25.6 Å².